The Balaban J connectivity index is 1.99. The van der Waals surface area contributed by atoms with Crippen LogP contribution >= 0.6 is 11.6 Å². The summed E-state index contributed by atoms with van der Waals surface area (Å²) in [5.41, 5.74) is -0.121. The van der Waals surface area contributed by atoms with E-state index in [0.717, 1.165) is 37.8 Å². The second kappa shape index (κ2) is 5.65. The maximum atomic E-state index is 13.4. The summed E-state index contributed by atoms with van der Waals surface area (Å²) >= 11 is 5.96. The van der Waals surface area contributed by atoms with Gasteiger partial charge in [-0.3, -0.25) is 4.79 Å². The fraction of sp³-hybridized carbons (Fsp3) is 0.462. The third-order valence-corrected chi connectivity index (χ3v) is 3.60. The molecule has 1 aliphatic rings. The Morgan fingerprint density at radius 1 is 1.22 bits per heavy atom. The second-order valence-electron chi connectivity index (χ2n) is 4.55. The first-order valence-corrected chi connectivity index (χ1v) is 6.40. The molecule has 0 spiro atoms. The van der Waals surface area contributed by atoms with E-state index in [4.69, 9.17) is 11.6 Å². The van der Waals surface area contributed by atoms with Crippen molar-refractivity contribution in [2.75, 3.05) is 0 Å². The van der Waals surface area contributed by atoms with Gasteiger partial charge in [-0.1, -0.05) is 0 Å². The number of hydrogen-bond donors (Lipinski definition) is 1. The number of amides is 1. The van der Waals surface area contributed by atoms with Crippen molar-refractivity contribution in [1.82, 2.24) is 5.32 Å². The predicted molar refractivity (Wildman–Crippen MR) is 65.7 cm³/mol. The van der Waals surface area contributed by atoms with Gasteiger partial charge in [-0.15, -0.1) is 11.6 Å². The molecule has 98 valence electrons. The average molecular weight is 274 g/mol. The number of nitrogens with one attached hydrogen (secondary N) is 1. The van der Waals surface area contributed by atoms with Gasteiger partial charge >= 0.3 is 0 Å². The lowest BCUT2D eigenvalue weighted by molar-refractivity contribution is 0.0924. The van der Waals surface area contributed by atoms with Crippen LogP contribution < -0.4 is 5.32 Å². The molecule has 2 rings (SSSR count). The number of rotatable bonds is 2. The molecule has 0 unspecified atom stereocenters. The van der Waals surface area contributed by atoms with Gasteiger partial charge in [0.25, 0.3) is 5.91 Å². The van der Waals surface area contributed by atoms with Gasteiger partial charge in [0.1, 0.15) is 11.6 Å². The smallest absolute Gasteiger partial charge is 0.254 e. The lowest BCUT2D eigenvalue weighted by Crippen LogP contribution is -2.38. The monoisotopic (exact) mass is 273 g/mol. The first-order valence-electron chi connectivity index (χ1n) is 5.96. The highest BCUT2D eigenvalue weighted by Crippen LogP contribution is 2.23. The number of carbonyl (C=O) groups excluding carboxylic acids is 1. The molecule has 0 atom stereocenters. The lowest BCUT2D eigenvalue weighted by Gasteiger charge is -2.25. The summed E-state index contributed by atoms with van der Waals surface area (Å²) in [4.78, 5) is 11.8. The molecule has 0 aromatic heterocycles. The summed E-state index contributed by atoms with van der Waals surface area (Å²) in [7, 11) is 0. The van der Waals surface area contributed by atoms with Gasteiger partial charge in [0.2, 0.25) is 0 Å². The van der Waals surface area contributed by atoms with Crippen LogP contribution in [0.3, 0.4) is 0 Å². The van der Waals surface area contributed by atoms with E-state index in [1.165, 1.54) is 0 Å². The maximum absolute atomic E-state index is 13.4. The number of carbonyl (C=O) groups is 1. The van der Waals surface area contributed by atoms with E-state index in [1.807, 2.05) is 0 Å². The lowest BCUT2D eigenvalue weighted by atomic mass is 9.95. The van der Waals surface area contributed by atoms with Crippen molar-refractivity contribution in [1.29, 1.82) is 0 Å². The number of halogens is 3. The minimum atomic E-state index is -0.835. The minimum absolute atomic E-state index is 0.0250. The Morgan fingerprint density at radius 3 is 2.50 bits per heavy atom. The molecule has 1 fully saturated rings. The minimum Gasteiger partial charge on any atom is -0.349 e. The first kappa shape index (κ1) is 13.3. The highest BCUT2D eigenvalue weighted by molar-refractivity contribution is 6.20. The van der Waals surface area contributed by atoms with Gasteiger partial charge in [-0.25, -0.2) is 8.78 Å². The maximum Gasteiger partial charge on any atom is 0.254 e. The Kier molecular flexibility index (Phi) is 4.17. The van der Waals surface area contributed by atoms with E-state index in [2.05, 4.69) is 5.32 Å². The van der Waals surface area contributed by atoms with Crippen molar-refractivity contribution in [3.05, 3.63) is 35.4 Å². The molecule has 2 nitrogen and oxygen atoms in total. The molecule has 1 amide bonds. The molecule has 1 saturated carbocycles. The molecular formula is C13H14ClF2NO. The van der Waals surface area contributed by atoms with Crippen molar-refractivity contribution in [3.63, 3.8) is 0 Å². The molecule has 0 aliphatic heterocycles. The molecule has 0 radical (unpaired) electrons. The van der Waals surface area contributed by atoms with Crippen LogP contribution in [0.4, 0.5) is 8.78 Å². The van der Waals surface area contributed by atoms with Gasteiger partial charge in [-0.05, 0) is 37.8 Å². The molecule has 0 bridgehead atoms. The van der Waals surface area contributed by atoms with Crippen LogP contribution in [0, 0.1) is 11.6 Å². The van der Waals surface area contributed by atoms with Gasteiger partial charge in [0, 0.05) is 17.5 Å². The van der Waals surface area contributed by atoms with Crippen molar-refractivity contribution >= 4 is 17.5 Å². The molecule has 1 aliphatic carbocycles. The summed E-state index contributed by atoms with van der Waals surface area (Å²) in [5.74, 6) is -2.02. The van der Waals surface area contributed by atoms with Crippen molar-refractivity contribution < 1.29 is 13.6 Å². The molecule has 1 N–H and O–H groups in total. The number of hydrogen-bond acceptors (Lipinski definition) is 1. The fourth-order valence-electron chi connectivity index (χ4n) is 2.13. The summed E-state index contributed by atoms with van der Waals surface area (Å²) < 4.78 is 26.1. The molecule has 18 heavy (non-hydrogen) atoms. The van der Waals surface area contributed by atoms with Crippen LogP contribution in [0.5, 0.6) is 0 Å². The molecule has 1 aromatic carbocycles. The largest absolute Gasteiger partial charge is 0.349 e. The third-order valence-electron chi connectivity index (χ3n) is 3.17. The summed E-state index contributed by atoms with van der Waals surface area (Å²) in [5, 5.41) is 2.92. The van der Waals surface area contributed by atoms with E-state index < -0.39 is 17.5 Å². The number of alkyl halides is 1. The van der Waals surface area contributed by atoms with Crippen LogP contribution in [-0.4, -0.2) is 17.3 Å². The summed E-state index contributed by atoms with van der Waals surface area (Å²) in [6.07, 6.45) is 3.28. The van der Waals surface area contributed by atoms with E-state index >= 15 is 0 Å². The third kappa shape index (κ3) is 3.19. The van der Waals surface area contributed by atoms with E-state index in [0.29, 0.717) is 6.07 Å². The van der Waals surface area contributed by atoms with Crippen molar-refractivity contribution in [3.8, 4) is 0 Å². The average Bonchev–Trinajstić information content (AvgIpc) is 2.32. The van der Waals surface area contributed by atoms with Gasteiger partial charge in [-0.2, -0.15) is 0 Å². The quantitative estimate of drug-likeness (QED) is 0.824. The van der Waals surface area contributed by atoms with Crippen LogP contribution in [-0.2, 0) is 0 Å². The fourth-order valence-corrected chi connectivity index (χ4v) is 2.39. The molecule has 5 heteroatoms. The first-order chi connectivity index (χ1) is 8.56. The van der Waals surface area contributed by atoms with Crippen LogP contribution in [0.15, 0.2) is 18.2 Å². The highest BCUT2D eigenvalue weighted by atomic mass is 35.5. The van der Waals surface area contributed by atoms with Crippen molar-refractivity contribution in [2.45, 2.75) is 37.1 Å². The topological polar surface area (TPSA) is 29.1 Å². The normalized spacial score (nSPS) is 23.7. The molecular weight excluding hydrogens is 260 g/mol. The van der Waals surface area contributed by atoms with E-state index in [-0.39, 0.29) is 17.0 Å². The standard InChI is InChI=1S/C13H14ClF2NO/c14-8-1-4-10(5-2-8)17-13(18)11-6-3-9(15)7-12(11)16/h3,6-8,10H,1-2,4-5H2,(H,17,18). The van der Waals surface area contributed by atoms with Gasteiger partial charge < -0.3 is 5.32 Å². The van der Waals surface area contributed by atoms with Crippen LogP contribution in [0.25, 0.3) is 0 Å². The van der Waals surface area contributed by atoms with E-state index in [9.17, 15) is 13.6 Å². The Bertz CT molecular complexity index is 445. The van der Waals surface area contributed by atoms with Gasteiger partial charge in [0.05, 0.1) is 5.56 Å². The van der Waals surface area contributed by atoms with E-state index in [1.54, 1.807) is 0 Å². The zero-order chi connectivity index (χ0) is 13.1. The SMILES string of the molecule is O=C(NC1CCC(Cl)CC1)c1ccc(F)cc1F. The molecule has 0 saturated heterocycles. The Labute approximate surface area is 109 Å². The zero-order valence-electron chi connectivity index (χ0n) is 9.76. The van der Waals surface area contributed by atoms with Crippen LogP contribution in [0.2, 0.25) is 0 Å². The van der Waals surface area contributed by atoms with Crippen LogP contribution in [0.1, 0.15) is 36.0 Å². The van der Waals surface area contributed by atoms with Crippen molar-refractivity contribution in [2.24, 2.45) is 0 Å². The second-order valence-corrected chi connectivity index (χ2v) is 5.16. The Morgan fingerprint density at radius 2 is 1.89 bits per heavy atom. The number of benzene rings is 1. The zero-order valence-corrected chi connectivity index (χ0v) is 10.5. The van der Waals surface area contributed by atoms with Gasteiger partial charge in [0.15, 0.2) is 0 Å². The summed E-state index contributed by atoms with van der Waals surface area (Å²) in [6.45, 7) is 0. The summed E-state index contributed by atoms with van der Waals surface area (Å²) in [6, 6.07) is 2.97. The molecule has 0 heterocycles. The molecule has 1 aromatic rings. The Hall–Kier alpha value is -1.16. The highest BCUT2D eigenvalue weighted by Gasteiger charge is 2.22. The predicted octanol–water partition coefficient (Wildman–Crippen LogP) is 3.24.